The van der Waals surface area contributed by atoms with Gasteiger partial charge in [-0.2, -0.15) is 0 Å². The minimum Gasteiger partial charge on any atom is -0.330 e. The molecule has 1 aliphatic rings. The molecule has 1 nitrogen and oxygen atoms in total. The minimum absolute atomic E-state index is 0.702. The molecule has 0 saturated heterocycles. The van der Waals surface area contributed by atoms with Crippen LogP contribution in [0.4, 0.5) is 0 Å². The lowest BCUT2D eigenvalue weighted by Gasteiger charge is -2.18. The topological polar surface area (TPSA) is 26.0 Å². The number of rotatable bonds is 2. The van der Waals surface area contributed by atoms with Crippen LogP contribution in [0, 0.1) is 5.92 Å². The molecule has 0 heterocycles. The van der Waals surface area contributed by atoms with Crippen molar-refractivity contribution < 1.29 is 0 Å². The highest BCUT2D eigenvalue weighted by molar-refractivity contribution is 9.10. The molecular weight excluding hydrogens is 238 g/mol. The Morgan fingerprint density at radius 3 is 2.57 bits per heavy atom. The van der Waals surface area contributed by atoms with Gasteiger partial charge in [0.2, 0.25) is 0 Å². The monoisotopic (exact) mass is 253 g/mol. The van der Waals surface area contributed by atoms with E-state index in [1.54, 1.807) is 0 Å². The summed E-state index contributed by atoms with van der Waals surface area (Å²) in [5, 5.41) is 0. The summed E-state index contributed by atoms with van der Waals surface area (Å²) >= 11 is 3.46. The van der Waals surface area contributed by atoms with Crippen LogP contribution in [0.15, 0.2) is 28.7 Å². The number of nitrogens with two attached hydrogens (primary N) is 1. The summed E-state index contributed by atoms with van der Waals surface area (Å²) < 4.78 is 1.16. The predicted octanol–water partition coefficient (Wildman–Crippen LogP) is 3.29. The first-order valence-corrected chi connectivity index (χ1v) is 6.06. The molecule has 2 heteroatoms. The van der Waals surface area contributed by atoms with E-state index in [-0.39, 0.29) is 0 Å². The summed E-state index contributed by atoms with van der Waals surface area (Å²) in [6.45, 7) is 0.834. The van der Waals surface area contributed by atoms with E-state index in [0.717, 1.165) is 11.0 Å². The molecule has 76 valence electrons. The van der Waals surface area contributed by atoms with Gasteiger partial charge in [0, 0.05) is 4.47 Å². The van der Waals surface area contributed by atoms with Gasteiger partial charge in [-0.25, -0.2) is 0 Å². The van der Waals surface area contributed by atoms with E-state index in [0.29, 0.717) is 11.8 Å². The molecule has 0 bridgehead atoms. The maximum absolute atomic E-state index is 5.78. The lowest BCUT2D eigenvalue weighted by molar-refractivity contribution is 0.496. The number of halogens is 1. The van der Waals surface area contributed by atoms with Gasteiger partial charge in [0.25, 0.3) is 0 Å². The third-order valence-corrected chi connectivity index (χ3v) is 3.79. The largest absolute Gasteiger partial charge is 0.330 e. The van der Waals surface area contributed by atoms with Gasteiger partial charge in [0.15, 0.2) is 0 Å². The number of benzene rings is 1. The average Bonchev–Trinajstić information content (AvgIpc) is 2.67. The summed E-state index contributed by atoms with van der Waals surface area (Å²) in [7, 11) is 0. The first-order valence-electron chi connectivity index (χ1n) is 5.27. The Kier molecular flexibility index (Phi) is 3.24. The molecule has 1 fully saturated rings. The fourth-order valence-corrected chi connectivity index (χ4v) is 2.73. The molecule has 0 aromatic heterocycles. The van der Waals surface area contributed by atoms with Crippen molar-refractivity contribution in [1.29, 1.82) is 0 Å². The molecule has 0 aliphatic heterocycles. The quantitative estimate of drug-likeness (QED) is 0.861. The van der Waals surface area contributed by atoms with E-state index in [1.807, 2.05) is 0 Å². The van der Waals surface area contributed by atoms with Gasteiger partial charge in [0.1, 0.15) is 0 Å². The fourth-order valence-electron chi connectivity index (χ4n) is 2.47. The summed E-state index contributed by atoms with van der Waals surface area (Å²) in [6.07, 6.45) is 3.95. The second kappa shape index (κ2) is 4.45. The minimum atomic E-state index is 0.702. The van der Waals surface area contributed by atoms with Crippen molar-refractivity contribution in [3.05, 3.63) is 34.3 Å². The van der Waals surface area contributed by atoms with Gasteiger partial charge in [0.05, 0.1) is 0 Å². The molecule has 0 amide bonds. The third-order valence-electron chi connectivity index (χ3n) is 3.26. The Labute approximate surface area is 93.8 Å². The number of hydrogen-bond donors (Lipinski definition) is 1. The Bertz CT molecular complexity index is 294. The fraction of sp³-hybridized carbons (Fsp3) is 0.500. The van der Waals surface area contributed by atoms with E-state index >= 15 is 0 Å². The molecule has 2 unspecified atom stereocenters. The Morgan fingerprint density at radius 2 is 1.93 bits per heavy atom. The van der Waals surface area contributed by atoms with E-state index in [1.165, 1.54) is 24.8 Å². The molecule has 1 saturated carbocycles. The first kappa shape index (κ1) is 10.2. The zero-order valence-electron chi connectivity index (χ0n) is 8.25. The van der Waals surface area contributed by atoms with Crippen LogP contribution in [0.2, 0.25) is 0 Å². The molecule has 1 aromatic rings. The molecule has 2 rings (SSSR count). The second-order valence-corrected chi connectivity index (χ2v) is 5.00. The smallest absolute Gasteiger partial charge is 0.0175 e. The maximum atomic E-state index is 5.78. The molecule has 0 radical (unpaired) electrons. The Hall–Kier alpha value is -0.340. The van der Waals surface area contributed by atoms with Crippen molar-refractivity contribution >= 4 is 15.9 Å². The lowest BCUT2D eigenvalue weighted by Crippen LogP contribution is -2.17. The van der Waals surface area contributed by atoms with E-state index < -0.39 is 0 Å². The SMILES string of the molecule is NCC1CCCC1c1ccc(Br)cc1. The van der Waals surface area contributed by atoms with Crippen molar-refractivity contribution in [2.24, 2.45) is 11.7 Å². The summed E-state index contributed by atoms with van der Waals surface area (Å²) in [6, 6.07) is 8.70. The molecular formula is C12H16BrN. The van der Waals surface area contributed by atoms with Crippen LogP contribution in [-0.4, -0.2) is 6.54 Å². The molecule has 2 atom stereocenters. The van der Waals surface area contributed by atoms with E-state index in [2.05, 4.69) is 40.2 Å². The molecule has 14 heavy (non-hydrogen) atoms. The highest BCUT2D eigenvalue weighted by Crippen LogP contribution is 2.39. The second-order valence-electron chi connectivity index (χ2n) is 4.08. The third kappa shape index (κ3) is 2.01. The van der Waals surface area contributed by atoms with Crippen molar-refractivity contribution in [3.8, 4) is 0 Å². The van der Waals surface area contributed by atoms with Gasteiger partial charge in [-0.3, -0.25) is 0 Å². The van der Waals surface area contributed by atoms with Crippen LogP contribution in [0.5, 0.6) is 0 Å². The van der Waals surface area contributed by atoms with Gasteiger partial charge in [-0.05, 0) is 48.9 Å². The lowest BCUT2D eigenvalue weighted by atomic mass is 9.89. The highest BCUT2D eigenvalue weighted by atomic mass is 79.9. The molecule has 0 spiro atoms. The summed E-state index contributed by atoms with van der Waals surface area (Å²) in [5.74, 6) is 1.41. The van der Waals surface area contributed by atoms with Gasteiger partial charge >= 0.3 is 0 Å². The van der Waals surface area contributed by atoms with Gasteiger partial charge in [-0.1, -0.05) is 34.5 Å². The maximum Gasteiger partial charge on any atom is 0.0175 e. The highest BCUT2D eigenvalue weighted by Gasteiger charge is 2.26. The Balaban J connectivity index is 2.17. The molecule has 1 aliphatic carbocycles. The van der Waals surface area contributed by atoms with Crippen LogP contribution < -0.4 is 5.73 Å². The normalized spacial score (nSPS) is 26.7. The average molecular weight is 254 g/mol. The van der Waals surface area contributed by atoms with E-state index in [9.17, 15) is 0 Å². The summed E-state index contributed by atoms with van der Waals surface area (Å²) in [5.41, 5.74) is 7.24. The van der Waals surface area contributed by atoms with Gasteiger partial charge in [-0.15, -0.1) is 0 Å². The predicted molar refractivity (Wildman–Crippen MR) is 63.3 cm³/mol. The van der Waals surface area contributed by atoms with Crippen molar-refractivity contribution in [2.75, 3.05) is 6.54 Å². The standard InChI is InChI=1S/C12H16BrN/c13-11-6-4-9(5-7-11)12-3-1-2-10(12)8-14/h4-7,10,12H,1-3,8,14H2. The van der Waals surface area contributed by atoms with Crippen LogP contribution in [0.25, 0.3) is 0 Å². The summed E-state index contributed by atoms with van der Waals surface area (Å²) in [4.78, 5) is 0. The van der Waals surface area contributed by atoms with Crippen LogP contribution >= 0.6 is 15.9 Å². The zero-order chi connectivity index (χ0) is 9.97. The van der Waals surface area contributed by atoms with Crippen LogP contribution in [0.3, 0.4) is 0 Å². The molecule has 2 N–H and O–H groups in total. The van der Waals surface area contributed by atoms with E-state index in [4.69, 9.17) is 5.73 Å². The van der Waals surface area contributed by atoms with Crippen molar-refractivity contribution in [1.82, 2.24) is 0 Å². The van der Waals surface area contributed by atoms with Crippen LogP contribution in [-0.2, 0) is 0 Å². The van der Waals surface area contributed by atoms with Crippen molar-refractivity contribution in [2.45, 2.75) is 25.2 Å². The zero-order valence-corrected chi connectivity index (χ0v) is 9.83. The van der Waals surface area contributed by atoms with Crippen molar-refractivity contribution in [3.63, 3.8) is 0 Å². The first-order chi connectivity index (χ1) is 6.81. The number of hydrogen-bond acceptors (Lipinski definition) is 1. The van der Waals surface area contributed by atoms with Crippen LogP contribution in [0.1, 0.15) is 30.7 Å². The Morgan fingerprint density at radius 1 is 1.21 bits per heavy atom. The van der Waals surface area contributed by atoms with Gasteiger partial charge < -0.3 is 5.73 Å². The molecule has 1 aromatic carbocycles.